The number of nitro benzene ring substituents is 1. The zero-order chi connectivity index (χ0) is 24.8. The van der Waals surface area contributed by atoms with Crippen LogP contribution >= 0.6 is 12.2 Å². The van der Waals surface area contributed by atoms with Gasteiger partial charge in [-0.3, -0.25) is 19.8 Å². The summed E-state index contributed by atoms with van der Waals surface area (Å²) >= 11 is 5.43. The Morgan fingerprint density at radius 2 is 1.80 bits per heavy atom. The molecule has 4 rings (SSSR count). The van der Waals surface area contributed by atoms with E-state index in [1.165, 1.54) is 29.3 Å². The van der Waals surface area contributed by atoms with Crippen molar-refractivity contribution in [3.63, 3.8) is 0 Å². The van der Waals surface area contributed by atoms with E-state index in [9.17, 15) is 19.7 Å². The van der Waals surface area contributed by atoms with Crippen LogP contribution in [-0.4, -0.2) is 34.8 Å². The van der Waals surface area contributed by atoms with Gasteiger partial charge in [0.1, 0.15) is 5.75 Å². The molecule has 11 nitrogen and oxygen atoms in total. The predicted octanol–water partition coefficient (Wildman–Crippen LogP) is 3.87. The van der Waals surface area contributed by atoms with Crippen molar-refractivity contribution in [1.82, 2.24) is 5.43 Å². The van der Waals surface area contributed by atoms with Crippen LogP contribution in [0.1, 0.15) is 5.56 Å². The minimum atomic E-state index is -0.676. The lowest BCUT2D eigenvalue weighted by Crippen LogP contribution is -2.45. The molecule has 0 unspecified atom stereocenters. The molecule has 35 heavy (non-hydrogen) atoms. The third-order valence-electron chi connectivity index (χ3n) is 4.79. The predicted molar refractivity (Wildman–Crippen MR) is 135 cm³/mol. The second kappa shape index (κ2) is 10.4. The van der Waals surface area contributed by atoms with Crippen LogP contribution in [0, 0.1) is 10.1 Å². The van der Waals surface area contributed by atoms with Gasteiger partial charge in [-0.05, 0) is 42.5 Å². The number of hydrogen-bond donors (Lipinski definition) is 3. The van der Waals surface area contributed by atoms with Crippen molar-refractivity contribution in [2.45, 2.75) is 0 Å². The lowest BCUT2D eigenvalue weighted by molar-refractivity contribution is -0.385. The number of carbonyl (C=O) groups excluding carboxylic acids is 2. The monoisotopic (exact) mass is 490 g/mol. The number of fused-ring (bicyclic) bond motifs is 1. The van der Waals surface area contributed by atoms with E-state index in [2.05, 4.69) is 21.2 Å². The summed E-state index contributed by atoms with van der Waals surface area (Å²) in [4.78, 5) is 36.5. The number of hydrogen-bond acceptors (Lipinski definition) is 7. The second-order valence-corrected chi connectivity index (χ2v) is 7.52. The molecule has 176 valence electrons. The molecule has 3 aromatic rings. The average Bonchev–Trinajstić information content (AvgIpc) is 2.84. The molecule has 0 atom stereocenters. The quantitative estimate of drug-likeness (QED) is 0.214. The first-order valence-electron chi connectivity index (χ1n) is 10.2. The highest BCUT2D eigenvalue weighted by molar-refractivity contribution is 7.80. The Balaban J connectivity index is 1.43. The van der Waals surface area contributed by atoms with Crippen molar-refractivity contribution in [3.05, 3.63) is 88.5 Å². The maximum atomic E-state index is 12.5. The topological polar surface area (TPSA) is 138 Å². The number of hydrazone groups is 1. The molecule has 3 aromatic carbocycles. The third kappa shape index (κ3) is 5.57. The SMILES string of the molecule is O=C(N/N=C/c1ccccc1[N+](=O)[O-])Nc1ccc2c(c1)OCC(=O)N2C(=S)Nc1ccccc1. The summed E-state index contributed by atoms with van der Waals surface area (Å²) in [6.45, 7) is -0.223. The van der Waals surface area contributed by atoms with Crippen LogP contribution in [0.15, 0.2) is 77.9 Å². The molecule has 12 heteroatoms. The number of rotatable bonds is 5. The summed E-state index contributed by atoms with van der Waals surface area (Å²) < 4.78 is 5.52. The van der Waals surface area contributed by atoms with Crippen molar-refractivity contribution < 1.29 is 19.2 Å². The Hall–Kier alpha value is -4.84. The van der Waals surface area contributed by atoms with E-state index >= 15 is 0 Å². The number of anilines is 3. The van der Waals surface area contributed by atoms with Crippen molar-refractivity contribution in [1.29, 1.82) is 0 Å². The number of para-hydroxylation sites is 2. The van der Waals surface area contributed by atoms with E-state index < -0.39 is 11.0 Å². The van der Waals surface area contributed by atoms with E-state index in [0.29, 0.717) is 17.1 Å². The van der Waals surface area contributed by atoms with Crippen LogP contribution in [0.25, 0.3) is 0 Å². The van der Waals surface area contributed by atoms with Gasteiger partial charge in [-0.2, -0.15) is 5.10 Å². The Bertz CT molecular complexity index is 1330. The minimum Gasteiger partial charge on any atom is -0.481 e. The largest absolute Gasteiger partial charge is 0.481 e. The Labute approximate surface area is 204 Å². The fourth-order valence-corrected chi connectivity index (χ4v) is 3.55. The van der Waals surface area contributed by atoms with Crippen LogP contribution in [0.4, 0.5) is 27.5 Å². The molecule has 0 fully saturated rings. The first-order valence-corrected chi connectivity index (χ1v) is 10.6. The molecular formula is C23H18N6O5S. The average molecular weight is 491 g/mol. The Morgan fingerprint density at radius 1 is 1.06 bits per heavy atom. The molecule has 0 radical (unpaired) electrons. The molecule has 3 amide bonds. The number of ether oxygens (including phenoxy) is 1. The van der Waals surface area contributed by atoms with Gasteiger partial charge < -0.3 is 15.4 Å². The zero-order valence-electron chi connectivity index (χ0n) is 18.0. The Morgan fingerprint density at radius 3 is 2.57 bits per heavy atom. The van der Waals surface area contributed by atoms with Gasteiger partial charge in [0.25, 0.3) is 11.6 Å². The number of nitrogens with zero attached hydrogens (tertiary/aromatic N) is 3. The molecule has 0 aliphatic carbocycles. The zero-order valence-corrected chi connectivity index (χ0v) is 18.8. The van der Waals surface area contributed by atoms with Gasteiger partial charge in [0, 0.05) is 23.5 Å². The molecular weight excluding hydrogens is 472 g/mol. The standard InChI is InChI=1S/C23H18N6O5S/c30-21-14-34-20-12-17(10-11-19(20)28(21)23(35)26-16-7-2-1-3-8-16)25-22(31)27-24-13-15-6-4-5-9-18(15)29(32)33/h1-13H,14H2,(H,26,35)(H2,25,27,31)/b24-13+. The highest BCUT2D eigenvalue weighted by atomic mass is 32.1. The number of nitro groups is 1. The summed E-state index contributed by atoms with van der Waals surface area (Å²) in [5.74, 6) is 0.0109. The molecule has 0 saturated heterocycles. The number of benzene rings is 3. The fourth-order valence-electron chi connectivity index (χ4n) is 3.24. The highest BCUT2D eigenvalue weighted by Gasteiger charge is 2.29. The molecule has 1 aliphatic rings. The van der Waals surface area contributed by atoms with E-state index in [4.69, 9.17) is 17.0 Å². The van der Waals surface area contributed by atoms with Crippen LogP contribution in [0.3, 0.4) is 0 Å². The van der Waals surface area contributed by atoms with Crippen LogP contribution < -0.4 is 25.7 Å². The number of amides is 3. The normalized spacial score (nSPS) is 12.5. The van der Waals surface area contributed by atoms with E-state index in [-0.39, 0.29) is 28.9 Å². The summed E-state index contributed by atoms with van der Waals surface area (Å²) in [6.07, 6.45) is 1.18. The summed E-state index contributed by atoms with van der Waals surface area (Å²) in [7, 11) is 0. The summed E-state index contributed by atoms with van der Waals surface area (Å²) in [5.41, 5.74) is 3.88. The fraction of sp³-hybridized carbons (Fsp3) is 0.0435. The maximum absolute atomic E-state index is 12.5. The molecule has 0 spiro atoms. The van der Waals surface area contributed by atoms with E-state index in [1.54, 1.807) is 24.3 Å². The number of nitrogens with one attached hydrogen (secondary N) is 3. The van der Waals surface area contributed by atoms with Crippen LogP contribution in [-0.2, 0) is 4.79 Å². The number of urea groups is 1. The van der Waals surface area contributed by atoms with Gasteiger partial charge in [-0.25, -0.2) is 10.2 Å². The van der Waals surface area contributed by atoms with Gasteiger partial charge in [0.05, 0.1) is 22.4 Å². The van der Waals surface area contributed by atoms with E-state index in [0.717, 1.165) is 5.69 Å². The summed E-state index contributed by atoms with van der Waals surface area (Å²) in [6, 6.07) is 19.2. The minimum absolute atomic E-state index is 0.135. The molecule has 0 saturated carbocycles. The van der Waals surface area contributed by atoms with Gasteiger partial charge in [-0.1, -0.05) is 30.3 Å². The number of carbonyl (C=O) groups is 2. The summed E-state index contributed by atoms with van der Waals surface area (Å²) in [5, 5.41) is 20.6. The second-order valence-electron chi connectivity index (χ2n) is 7.14. The molecule has 0 aromatic heterocycles. The maximum Gasteiger partial charge on any atom is 0.339 e. The van der Waals surface area contributed by atoms with Crippen molar-refractivity contribution in [2.75, 3.05) is 22.1 Å². The van der Waals surface area contributed by atoms with Gasteiger partial charge in [-0.15, -0.1) is 0 Å². The highest BCUT2D eigenvalue weighted by Crippen LogP contribution is 2.35. The first-order chi connectivity index (χ1) is 16.9. The van der Waals surface area contributed by atoms with Crippen LogP contribution in [0.5, 0.6) is 5.75 Å². The first kappa shape index (κ1) is 23.3. The van der Waals surface area contributed by atoms with Crippen LogP contribution in [0.2, 0.25) is 0 Å². The number of thiocarbonyl (C=S) groups is 1. The lowest BCUT2D eigenvalue weighted by Gasteiger charge is -2.30. The molecule has 3 N–H and O–H groups in total. The molecule has 0 bridgehead atoms. The lowest BCUT2D eigenvalue weighted by atomic mass is 10.2. The molecule has 1 aliphatic heterocycles. The smallest absolute Gasteiger partial charge is 0.339 e. The van der Waals surface area contributed by atoms with Crippen molar-refractivity contribution in [3.8, 4) is 5.75 Å². The van der Waals surface area contributed by atoms with Gasteiger partial charge in [0.2, 0.25) is 0 Å². The Kier molecular flexibility index (Phi) is 6.93. The van der Waals surface area contributed by atoms with Crippen molar-refractivity contribution >= 4 is 58.2 Å². The molecule has 1 heterocycles. The van der Waals surface area contributed by atoms with Gasteiger partial charge in [0.15, 0.2) is 11.7 Å². The van der Waals surface area contributed by atoms with Gasteiger partial charge >= 0.3 is 6.03 Å². The van der Waals surface area contributed by atoms with E-state index in [1.807, 2.05) is 30.3 Å². The third-order valence-corrected chi connectivity index (χ3v) is 5.08. The van der Waals surface area contributed by atoms with Crippen molar-refractivity contribution in [2.24, 2.45) is 5.10 Å².